The van der Waals surface area contributed by atoms with Crippen LogP contribution in [0, 0.1) is 12.8 Å². The quantitative estimate of drug-likeness (QED) is 0.0340. The van der Waals surface area contributed by atoms with E-state index in [1.165, 1.54) is 0 Å². The molecule has 0 fully saturated rings. The maximum absolute atomic E-state index is 14.5. The van der Waals surface area contributed by atoms with Crippen molar-refractivity contribution in [2.24, 2.45) is 5.92 Å². The summed E-state index contributed by atoms with van der Waals surface area (Å²) in [6, 6.07) is 24.9. The van der Waals surface area contributed by atoms with E-state index in [9.17, 15) is 24.0 Å². The number of hydrazine groups is 1. The number of ether oxygens (including phenoxy) is 2. The number of carbonyl (C=O) groups is 5. The average Bonchev–Trinajstić information content (AvgIpc) is 3.85. The van der Waals surface area contributed by atoms with E-state index in [0.29, 0.717) is 29.1 Å². The molecular weight excluding hydrogens is 837 g/mol. The SMILES string of the molecule is COc1cc2c(cc1C)N(BC=O)[C@@H](O[Si](C)(C)C(C)(C)C)C1CC(c3ccc(NN[C@@H](C)C(=O)NC(C(=O)C(=O)OCC4c5ccccc5-c5ccccc54)C(C)C)cc3)=CN1C2=O. The largest absolute Gasteiger partial charge is 0.496 e. The van der Waals surface area contributed by atoms with E-state index in [1.54, 1.807) is 38.8 Å². The van der Waals surface area contributed by atoms with Gasteiger partial charge in [-0.05, 0) is 108 Å². The standard InChI is InChI=1S/C50H60BN5O8Si/c1-29(2)44(45(58)49(61)63-27-40-37-17-13-11-15-35(37)36-16-12-14-18-38(36)40)52-46(59)31(4)53-54-34-21-19-32(20-22-34)33-24-42-48(64-65(9,10)50(5,6)7)56(51-28-57)41-23-30(3)43(62-8)25-39(41)47(60)55(42)26-33/h11-23,25-26,28-29,31,40,42,44,48,51,53-54H,24,27H2,1-10H3,(H,52,59)/t31-,42?,44?,48-/m0/s1. The van der Waals surface area contributed by atoms with Crippen LogP contribution in [0.1, 0.15) is 86.5 Å². The maximum Gasteiger partial charge on any atom is 0.376 e. The minimum atomic E-state index is -2.43. The number of rotatable bonds is 16. The summed E-state index contributed by atoms with van der Waals surface area (Å²) >= 11 is 0. The molecular formula is C50H60BN5O8Si. The van der Waals surface area contributed by atoms with Crippen molar-refractivity contribution in [3.05, 3.63) is 119 Å². The van der Waals surface area contributed by atoms with Crippen molar-refractivity contribution >= 4 is 62.4 Å². The Morgan fingerprint density at radius 2 is 1.55 bits per heavy atom. The van der Waals surface area contributed by atoms with Gasteiger partial charge in [-0.2, -0.15) is 0 Å². The van der Waals surface area contributed by atoms with Crippen molar-refractivity contribution in [1.29, 1.82) is 0 Å². The summed E-state index contributed by atoms with van der Waals surface area (Å²) < 4.78 is 18.4. The van der Waals surface area contributed by atoms with Crippen LogP contribution in [0.25, 0.3) is 16.7 Å². The van der Waals surface area contributed by atoms with Gasteiger partial charge >= 0.3 is 13.4 Å². The van der Waals surface area contributed by atoms with Gasteiger partial charge in [-0.15, -0.1) is 0 Å². The molecule has 2 aliphatic heterocycles. The number of amides is 2. The summed E-state index contributed by atoms with van der Waals surface area (Å²) in [5.41, 5.74) is 14.7. The van der Waals surface area contributed by atoms with Gasteiger partial charge in [0, 0.05) is 23.5 Å². The number of ketones is 1. The van der Waals surface area contributed by atoms with Crippen LogP contribution in [-0.2, 0) is 28.3 Å². The van der Waals surface area contributed by atoms with Crippen LogP contribution in [0.5, 0.6) is 5.75 Å². The normalized spacial score (nSPS) is 17.8. The lowest BCUT2D eigenvalue weighted by molar-refractivity contribution is -0.155. The molecule has 4 aromatic carbocycles. The Bertz CT molecular complexity index is 2480. The number of fused-ring (bicyclic) bond motifs is 5. The topological polar surface area (TPSA) is 156 Å². The van der Waals surface area contributed by atoms with E-state index in [-0.39, 0.29) is 36.8 Å². The fraction of sp³-hybridized carbons (Fsp3) is 0.380. The molecule has 4 aromatic rings. The van der Waals surface area contributed by atoms with Crippen LogP contribution < -0.4 is 25.7 Å². The number of benzene rings is 4. The predicted octanol–water partition coefficient (Wildman–Crippen LogP) is 7.34. The van der Waals surface area contributed by atoms with E-state index in [1.807, 2.05) is 96.8 Å². The van der Waals surface area contributed by atoms with Gasteiger partial charge in [-0.3, -0.25) is 14.4 Å². The molecule has 0 bridgehead atoms. The molecule has 4 atom stereocenters. The smallest absolute Gasteiger partial charge is 0.376 e. The Morgan fingerprint density at radius 3 is 2.14 bits per heavy atom. The van der Waals surface area contributed by atoms with E-state index >= 15 is 0 Å². The lowest BCUT2D eigenvalue weighted by atomic mass is 9.89. The molecule has 1 aliphatic carbocycles. The number of anilines is 2. The summed E-state index contributed by atoms with van der Waals surface area (Å²) in [6.07, 6.45) is 2.63. The zero-order chi connectivity index (χ0) is 47.0. The minimum absolute atomic E-state index is 0.00230. The van der Waals surface area contributed by atoms with Crippen molar-refractivity contribution in [1.82, 2.24) is 15.6 Å². The van der Waals surface area contributed by atoms with Crippen LogP contribution in [0.3, 0.4) is 0 Å². The molecule has 2 heterocycles. The Balaban J connectivity index is 1.01. The fourth-order valence-electron chi connectivity index (χ4n) is 8.60. The highest BCUT2D eigenvalue weighted by Gasteiger charge is 2.49. The van der Waals surface area contributed by atoms with Gasteiger partial charge in [0.2, 0.25) is 5.91 Å². The number of hydrogen-bond donors (Lipinski definition) is 3. The first-order chi connectivity index (χ1) is 30.8. The number of Topliss-reactive ketones (excluding diaryl/α,β-unsaturated/α-hetero) is 1. The third-order valence-corrected chi connectivity index (χ3v) is 17.8. The number of methoxy groups -OCH3 is 1. The zero-order valence-electron chi connectivity index (χ0n) is 39.0. The molecule has 3 N–H and O–H groups in total. The molecule has 0 radical (unpaired) electrons. The lowest BCUT2D eigenvalue weighted by Gasteiger charge is -2.45. The molecule has 0 saturated heterocycles. The van der Waals surface area contributed by atoms with Gasteiger partial charge in [0.25, 0.3) is 11.7 Å². The lowest BCUT2D eigenvalue weighted by Crippen LogP contribution is -2.57. The number of carbonyl (C=O) groups excluding carboxylic acids is 5. The summed E-state index contributed by atoms with van der Waals surface area (Å²) in [5.74, 6) is -2.49. The molecule has 7 rings (SSSR count). The zero-order valence-corrected chi connectivity index (χ0v) is 40.0. The predicted molar refractivity (Wildman–Crippen MR) is 258 cm³/mol. The number of nitrogens with one attached hydrogen (secondary N) is 3. The maximum atomic E-state index is 14.5. The van der Waals surface area contributed by atoms with Crippen LogP contribution >= 0.6 is 0 Å². The Hall–Kier alpha value is -6.03. The number of hydrogen-bond acceptors (Lipinski definition) is 11. The van der Waals surface area contributed by atoms with Gasteiger partial charge in [0.15, 0.2) is 8.32 Å². The minimum Gasteiger partial charge on any atom is -0.496 e. The van der Waals surface area contributed by atoms with Gasteiger partial charge in [0.05, 0.1) is 18.7 Å². The summed E-state index contributed by atoms with van der Waals surface area (Å²) in [5, 5.41) is 2.62. The molecule has 2 amide bonds. The molecule has 340 valence electrons. The van der Waals surface area contributed by atoms with Crippen LogP contribution in [0.2, 0.25) is 18.1 Å². The molecule has 13 nitrogen and oxygen atoms in total. The van der Waals surface area contributed by atoms with Crippen molar-refractivity contribution in [3.8, 4) is 16.9 Å². The first-order valence-electron chi connectivity index (χ1n) is 22.3. The van der Waals surface area contributed by atoms with E-state index in [2.05, 4.69) is 50.0 Å². The third-order valence-electron chi connectivity index (χ3n) is 13.4. The van der Waals surface area contributed by atoms with Crippen LogP contribution in [-0.4, -0.2) is 88.5 Å². The van der Waals surface area contributed by atoms with Gasteiger partial charge in [-0.25, -0.2) is 10.2 Å². The monoisotopic (exact) mass is 897 g/mol. The molecule has 0 saturated carbocycles. The van der Waals surface area contributed by atoms with E-state index < -0.39 is 50.3 Å². The number of aryl methyl sites for hydroxylation is 1. The van der Waals surface area contributed by atoms with E-state index in [0.717, 1.165) is 45.1 Å². The van der Waals surface area contributed by atoms with E-state index in [4.69, 9.17) is 13.9 Å². The molecule has 0 aromatic heterocycles. The summed E-state index contributed by atoms with van der Waals surface area (Å²) in [4.78, 5) is 70.5. The van der Waals surface area contributed by atoms with Crippen LogP contribution in [0.4, 0.5) is 11.4 Å². The Morgan fingerprint density at radius 1 is 0.923 bits per heavy atom. The average molecular weight is 898 g/mol. The molecule has 65 heavy (non-hydrogen) atoms. The second-order valence-corrected chi connectivity index (χ2v) is 23.8. The summed E-state index contributed by atoms with van der Waals surface area (Å²) in [7, 11) is -0.816. The van der Waals surface area contributed by atoms with Gasteiger partial charge in [-0.1, -0.05) is 95.3 Å². The second kappa shape index (κ2) is 18.8. The highest BCUT2D eigenvalue weighted by Crippen LogP contribution is 2.46. The fourth-order valence-corrected chi connectivity index (χ4v) is 9.84. The molecule has 0 spiro atoms. The van der Waals surface area contributed by atoms with Crippen molar-refractivity contribution in [2.75, 3.05) is 24.0 Å². The Kier molecular flexibility index (Phi) is 13.6. The Labute approximate surface area is 383 Å². The van der Waals surface area contributed by atoms with Crippen LogP contribution in [0.15, 0.2) is 91.1 Å². The van der Waals surface area contributed by atoms with Gasteiger partial charge in [0.1, 0.15) is 36.9 Å². The van der Waals surface area contributed by atoms with Crippen molar-refractivity contribution < 1.29 is 37.9 Å². The highest BCUT2D eigenvalue weighted by atomic mass is 28.4. The molecule has 15 heteroatoms. The van der Waals surface area contributed by atoms with Crippen molar-refractivity contribution in [2.45, 2.75) is 103 Å². The second-order valence-electron chi connectivity index (χ2n) is 19.1. The first kappa shape index (κ1) is 46.9. The summed E-state index contributed by atoms with van der Waals surface area (Å²) in [6.45, 7) is 17.9. The molecule has 3 aliphatic rings. The third kappa shape index (κ3) is 9.40. The first-order valence-corrected chi connectivity index (χ1v) is 25.2. The van der Waals surface area contributed by atoms with Gasteiger partial charge < -0.3 is 39.1 Å². The highest BCUT2D eigenvalue weighted by molar-refractivity contribution is 6.74. The number of esters is 1. The molecule has 2 unspecified atom stereocenters. The van der Waals surface area contributed by atoms with Crippen molar-refractivity contribution in [3.63, 3.8) is 0 Å². The number of nitrogens with zero attached hydrogens (tertiary/aromatic N) is 2.